The molecular weight excluding hydrogens is 250 g/mol. The van der Waals surface area contributed by atoms with E-state index in [-0.39, 0.29) is 0 Å². The fraction of sp³-hybridized carbons (Fsp3) is 0.647. The molecule has 0 spiro atoms. The van der Waals surface area contributed by atoms with E-state index in [2.05, 4.69) is 12.2 Å². The van der Waals surface area contributed by atoms with E-state index in [0.717, 1.165) is 17.2 Å². The second-order valence-electron chi connectivity index (χ2n) is 5.88. The van der Waals surface area contributed by atoms with Crippen LogP contribution in [0.1, 0.15) is 50.7 Å². The van der Waals surface area contributed by atoms with E-state index >= 15 is 0 Å². The Labute approximate surface area is 122 Å². The lowest BCUT2D eigenvalue weighted by atomic mass is 9.84. The highest BCUT2D eigenvalue weighted by Crippen LogP contribution is 2.26. The summed E-state index contributed by atoms with van der Waals surface area (Å²) in [5.74, 6) is 1.59. The highest BCUT2D eigenvalue weighted by Gasteiger charge is 2.20. The van der Waals surface area contributed by atoms with Gasteiger partial charge in [0, 0.05) is 12.6 Å². The molecule has 0 amide bonds. The molecule has 1 fully saturated rings. The molecule has 1 aliphatic rings. The average molecular weight is 277 g/mol. The Morgan fingerprint density at radius 1 is 1.20 bits per heavy atom. The van der Waals surface area contributed by atoms with Gasteiger partial charge in [0.2, 0.25) is 0 Å². The minimum atomic E-state index is -0.452. The van der Waals surface area contributed by atoms with Crippen LogP contribution >= 0.6 is 0 Å². The molecule has 1 aromatic rings. The third-order valence-electron chi connectivity index (χ3n) is 4.49. The van der Waals surface area contributed by atoms with Crippen molar-refractivity contribution in [1.29, 1.82) is 0 Å². The zero-order valence-corrected chi connectivity index (χ0v) is 12.6. The van der Waals surface area contributed by atoms with E-state index in [1.54, 1.807) is 7.11 Å². The Morgan fingerprint density at radius 3 is 2.45 bits per heavy atom. The van der Waals surface area contributed by atoms with Gasteiger partial charge in [-0.2, -0.15) is 0 Å². The van der Waals surface area contributed by atoms with Crippen LogP contribution < -0.4 is 10.1 Å². The molecule has 2 atom stereocenters. The summed E-state index contributed by atoms with van der Waals surface area (Å²) in [5, 5.41) is 13.7. The van der Waals surface area contributed by atoms with E-state index < -0.39 is 6.10 Å². The van der Waals surface area contributed by atoms with Gasteiger partial charge < -0.3 is 15.2 Å². The van der Waals surface area contributed by atoms with Gasteiger partial charge in [-0.05, 0) is 43.4 Å². The van der Waals surface area contributed by atoms with Gasteiger partial charge in [-0.25, -0.2) is 0 Å². The number of aliphatic hydroxyl groups excluding tert-OH is 1. The van der Waals surface area contributed by atoms with Gasteiger partial charge in [-0.3, -0.25) is 0 Å². The monoisotopic (exact) mass is 277 g/mol. The first-order valence-electron chi connectivity index (χ1n) is 7.76. The molecule has 112 valence electrons. The molecule has 0 bridgehead atoms. The Kier molecular flexibility index (Phi) is 5.86. The predicted octanol–water partition coefficient (Wildman–Crippen LogP) is 3.29. The molecule has 3 nitrogen and oxygen atoms in total. The van der Waals surface area contributed by atoms with E-state index in [1.165, 1.54) is 32.1 Å². The number of rotatable bonds is 6. The fourth-order valence-corrected chi connectivity index (χ4v) is 3.04. The van der Waals surface area contributed by atoms with Gasteiger partial charge in [-0.15, -0.1) is 0 Å². The number of aliphatic hydroxyl groups is 1. The van der Waals surface area contributed by atoms with E-state index in [1.807, 2.05) is 24.3 Å². The molecule has 20 heavy (non-hydrogen) atoms. The van der Waals surface area contributed by atoms with Crippen LogP contribution in [-0.4, -0.2) is 24.8 Å². The Morgan fingerprint density at radius 2 is 1.85 bits per heavy atom. The molecule has 1 aromatic carbocycles. The lowest BCUT2D eigenvalue weighted by Crippen LogP contribution is -2.37. The van der Waals surface area contributed by atoms with Crippen molar-refractivity contribution in [2.75, 3.05) is 13.7 Å². The quantitative estimate of drug-likeness (QED) is 0.838. The van der Waals surface area contributed by atoms with Crippen LogP contribution in [0.2, 0.25) is 0 Å². The maximum atomic E-state index is 10.2. The minimum Gasteiger partial charge on any atom is -0.497 e. The molecule has 2 N–H and O–H groups in total. The molecule has 0 heterocycles. The Bertz CT molecular complexity index is 384. The number of ether oxygens (including phenoxy) is 1. The standard InChI is InChI=1S/C17H27NO2/c1-13(14-6-4-3-5-7-14)18-12-17(19)15-8-10-16(20-2)11-9-15/h8-11,13-14,17-19H,3-7,12H2,1-2H3/t13-,17?/m0/s1. The lowest BCUT2D eigenvalue weighted by molar-refractivity contribution is 0.161. The molecular formula is C17H27NO2. The number of methoxy groups -OCH3 is 1. The molecule has 0 saturated heterocycles. The van der Waals surface area contributed by atoms with Crippen LogP contribution in [0.15, 0.2) is 24.3 Å². The summed E-state index contributed by atoms with van der Waals surface area (Å²) in [6.07, 6.45) is 6.30. The van der Waals surface area contributed by atoms with Crippen molar-refractivity contribution in [2.45, 2.75) is 51.2 Å². The topological polar surface area (TPSA) is 41.5 Å². The zero-order valence-electron chi connectivity index (χ0n) is 12.6. The second-order valence-corrected chi connectivity index (χ2v) is 5.88. The molecule has 1 saturated carbocycles. The summed E-state index contributed by atoms with van der Waals surface area (Å²) in [7, 11) is 1.65. The van der Waals surface area contributed by atoms with Crippen molar-refractivity contribution in [3.63, 3.8) is 0 Å². The van der Waals surface area contributed by atoms with E-state index in [4.69, 9.17) is 4.74 Å². The van der Waals surface area contributed by atoms with Gasteiger partial charge in [0.05, 0.1) is 13.2 Å². The maximum Gasteiger partial charge on any atom is 0.118 e. The maximum absolute atomic E-state index is 10.2. The molecule has 1 unspecified atom stereocenters. The molecule has 0 radical (unpaired) electrons. The highest BCUT2D eigenvalue weighted by molar-refractivity contribution is 5.28. The largest absolute Gasteiger partial charge is 0.497 e. The number of hydrogen-bond acceptors (Lipinski definition) is 3. The number of benzene rings is 1. The van der Waals surface area contributed by atoms with Crippen molar-refractivity contribution in [3.8, 4) is 5.75 Å². The van der Waals surface area contributed by atoms with Crippen LogP contribution in [0.5, 0.6) is 5.75 Å². The molecule has 2 rings (SSSR count). The smallest absolute Gasteiger partial charge is 0.118 e. The summed E-state index contributed by atoms with van der Waals surface area (Å²) in [6, 6.07) is 8.13. The first kappa shape index (κ1) is 15.3. The first-order valence-corrected chi connectivity index (χ1v) is 7.76. The van der Waals surface area contributed by atoms with Crippen molar-refractivity contribution in [3.05, 3.63) is 29.8 Å². The Balaban J connectivity index is 1.79. The van der Waals surface area contributed by atoms with Crippen LogP contribution in [0.3, 0.4) is 0 Å². The summed E-state index contributed by atoms with van der Waals surface area (Å²) in [4.78, 5) is 0. The van der Waals surface area contributed by atoms with Crippen molar-refractivity contribution in [2.24, 2.45) is 5.92 Å². The molecule has 1 aliphatic carbocycles. The van der Waals surface area contributed by atoms with E-state index in [9.17, 15) is 5.11 Å². The highest BCUT2D eigenvalue weighted by atomic mass is 16.5. The van der Waals surface area contributed by atoms with Gasteiger partial charge >= 0.3 is 0 Å². The van der Waals surface area contributed by atoms with Crippen molar-refractivity contribution < 1.29 is 9.84 Å². The third kappa shape index (κ3) is 4.22. The average Bonchev–Trinajstić information content (AvgIpc) is 2.53. The summed E-state index contributed by atoms with van der Waals surface area (Å²) in [6.45, 7) is 2.86. The Hall–Kier alpha value is -1.06. The predicted molar refractivity (Wildman–Crippen MR) is 82.0 cm³/mol. The van der Waals surface area contributed by atoms with Crippen molar-refractivity contribution >= 4 is 0 Å². The van der Waals surface area contributed by atoms with Gasteiger partial charge in [0.15, 0.2) is 0 Å². The third-order valence-corrected chi connectivity index (χ3v) is 4.49. The molecule has 0 aromatic heterocycles. The second kappa shape index (κ2) is 7.65. The van der Waals surface area contributed by atoms with Crippen LogP contribution in [0.25, 0.3) is 0 Å². The van der Waals surface area contributed by atoms with Crippen LogP contribution in [0.4, 0.5) is 0 Å². The number of nitrogens with one attached hydrogen (secondary N) is 1. The van der Waals surface area contributed by atoms with E-state index in [0.29, 0.717) is 12.6 Å². The van der Waals surface area contributed by atoms with Gasteiger partial charge in [-0.1, -0.05) is 31.4 Å². The van der Waals surface area contributed by atoms with Crippen LogP contribution in [-0.2, 0) is 0 Å². The summed E-state index contributed by atoms with van der Waals surface area (Å²) in [5.41, 5.74) is 0.939. The molecule has 3 heteroatoms. The fourth-order valence-electron chi connectivity index (χ4n) is 3.04. The SMILES string of the molecule is COc1ccc(C(O)CN[C@@H](C)C2CCCCC2)cc1. The normalized spacial score (nSPS) is 19.6. The number of hydrogen-bond donors (Lipinski definition) is 2. The van der Waals surface area contributed by atoms with Crippen molar-refractivity contribution in [1.82, 2.24) is 5.32 Å². The van der Waals surface area contributed by atoms with Gasteiger partial charge in [0.25, 0.3) is 0 Å². The first-order chi connectivity index (χ1) is 9.70. The summed E-state index contributed by atoms with van der Waals surface area (Å²) < 4.78 is 5.13. The van der Waals surface area contributed by atoms with Crippen LogP contribution in [0, 0.1) is 5.92 Å². The lowest BCUT2D eigenvalue weighted by Gasteiger charge is -2.29. The summed E-state index contributed by atoms with van der Waals surface area (Å²) >= 11 is 0. The zero-order chi connectivity index (χ0) is 14.4. The van der Waals surface area contributed by atoms with Gasteiger partial charge in [0.1, 0.15) is 5.75 Å². The minimum absolute atomic E-state index is 0.452. The molecule has 0 aliphatic heterocycles.